The summed E-state index contributed by atoms with van der Waals surface area (Å²) in [6.45, 7) is 3.72. The van der Waals surface area contributed by atoms with E-state index in [1.807, 2.05) is 62.4 Å². The first-order chi connectivity index (χ1) is 16.3. The van der Waals surface area contributed by atoms with Crippen LogP contribution in [0.3, 0.4) is 0 Å². The Labute approximate surface area is 210 Å². The lowest BCUT2D eigenvalue weighted by Gasteiger charge is -2.31. The molecular formula is C27H28Cl2N2O3. The van der Waals surface area contributed by atoms with Crippen LogP contribution >= 0.6 is 23.2 Å². The number of halogens is 2. The summed E-state index contributed by atoms with van der Waals surface area (Å²) in [5, 5.41) is 3.54. The number of rotatable bonds is 9. The van der Waals surface area contributed by atoms with Gasteiger partial charge in [0.05, 0.1) is 0 Å². The Morgan fingerprint density at radius 2 is 1.65 bits per heavy atom. The first-order valence-corrected chi connectivity index (χ1v) is 11.7. The maximum atomic E-state index is 13.5. The highest BCUT2D eigenvalue weighted by molar-refractivity contribution is 6.36. The van der Waals surface area contributed by atoms with E-state index in [-0.39, 0.29) is 25.0 Å². The summed E-state index contributed by atoms with van der Waals surface area (Å²) in [7, 11) is 1.55. The number of hydrogen-bond donors (Lipinski definition) is 1. The summed E-state index contributed by atoms with van der Waals surface area (Å²) in [6, 6.07) is 19.7. The lowest BCUT2D eigenvalue weighted by molar-refractivity contribution is -0.142. The largest absolute Gasteiger partial charge is 0.483 e. The molecule has 0 radical (unpaired) electrons. The van der Waals surface area contributed by atoms with Crippen molar-refractivity contribution in [2.45, 2.75) is 32.9 Å². The first-order valence-electron chi connectivity index (χ1n) is 11.0. The van der Waals surface area contributed by atoms with E-state index in [9.17, 15) is 9.59 Å². The van der Waals surface area contributed by atoms with Crippen LogP contribution in [0.15, 0.2) is 66.7 Å². The van der Waals surface area contributed by atoms with Crippen molar-refractivity contribution in [2.24, 2.45) is 0 Å². The molecular weight excluding hydrogens is 471 g/mol. The normalized spacial score (nSPS) is 11.6. The zero-order valence-electron chi connectivity index (χ0n) is 19.5. The van der Waals surface area contributed by atoms with Gasteiger partial charge in [-0.25, -0.2) is 0 Å². The maximum Gasteiger partial charge on any atom is 0.261 e. The first kappa shape index (κ1) is 25.6. The second-order valence-electron chi connectivity index (χ2n) is 8.10. The van der Waals surface area contributed by atoms with Crippen LogP contribution in [0.5, 0.6) is 5.75 Å². The summed E-state index contributed by atoms with van der Waals surface area (Å²) in [5.41, 5.74) is 3.45. The predicted octanol–water partition coefficient (Wildman–Crippen LogP) is 5.38. The van der Waals surface area contributed by atoms with E-state index in [0.29, 0.717) is 27.8 Å². The Balaban J connectivity index is 1.94. The van der Waals surface area contributed by atoms with Crippen LogP contribution < -0.4 is 10.1 Å². The van der Waals surface area contributed by atoms with Gasteiger partial charge in [0.2, 0.25) is 5.91 Å². The second-order valence-corrected chi connectivity index (χ2v) is 8.91. The number of nitrogens with one attached hydrogen (secondary N) is 1. The summed E-state index contributed by atoms with van der Waals surface area (Å²) >= 11 is 12.8. The van der Waals surface area contributed by atoms with Gasteiger partial charge in [-0.3, -0.25) is 9.59 Å². The predicted molar refractivity (Wildman–Crippen MR) is 136 cm³/mol. The zero-order chi connectivity index (χ0) is 24.7. The van der Waals surface area contributed by atoms with Crippen LogP contribution in [-0.2, 0) is 22.6 Å². The van der Waals surface area contributed by atoms with E-state index in [1.54, 1.807) is 25.2 Å². The van der Waals surface area contributed by atoms with E-state index < -0.39 is 6.04 Å². The molecule has 0 saturated carbocycles. The highest BCUT2D eigenvalue weighted by atomic mass is 35.5. The average molecular weight is 499 g/mol. The molecule has 0 aliphatic carbocycles. The minimum atomic E-state index is -0.783. The number of likely N-dealkylation sites (N-methyl/N-ethyl adjacent to an activating group) is 1. The van der Waals surface area contributed by atoms with Crippen LogP contribution in [0, 0.1) is 13.8 Å². The van der Waals surface area contributed by atoms with E-state index in [1.165, 1.54) is 4.90 Å². The Bertz CT molecular complexity index is 1130. The Hall–Kier alpha value is -3.02. The monoisotopic (exact) mass is 498 g/mol. The molecule has 2 amide bonds. The number of nitrogens with zero attached hydrogens (tertiary/aromatic N) is 1. The van der Waals surface area contributed by atoms with Gasteiger partial charge in [0.1, 0.15) is 11.8 Å². The molecule has 5 nitrogen and oxygen atoms in total. The number of carbonyl (C=O) groups is 2. The quantitative estimate of drug-likeness (QED) is 0.431. The molecule has 0 unspecified atom stereocenters. The van der Waals surface area contributed by atoms with Gasteiger partial charge in [0.25, 0.3) is 5.91 Å². The van der Waals surface area contributed by atoms with Crippen molar-refractivity contribution in [3.05, 3.63) is 99.0 Å². The number of amides is 2. The van der Waals surface area contributed by atoms with Crippen LogP contribution in [0.25, 0.3) is 0 Å². The van der Waals surface area contributed by atoms with E-state index >= 15 is 0 Å². The molecule has 7 heteroatoms. The topological polar surface area (TPSA) is 58.6 Å². The van der Waals surface area contributed by atoms with E-state index in [0.717, 1.165) is 16.7 Å². The summed E-state index contributed by atoms with van der Waals surface area (Å²) in [5.74, 6) is -0.00262. The second kappa shape index (κ2) is 11.9. The van der Waals surface area contributed by atoms with Gasteiger partial charge in [-0.2, -0.15) is 0 Å². The number of hydrogen-bond acceptors (Lipinski definition) is 3. The Morgan fingerprint density at radius 3 is 2.29 bits per heavy atom. The summed E-state index contributed by atoms with van der Waals surface area (Å²) in [4.78, 5) is 28.0. The van der Waals surface area contributed by atoms with Gasteiger partial charge in [0, 0.05) is 35.6 Å². The molecule has 0 aliphatic heterocycles. The third-order valence-electron chi connectivity index (χ3n) is 5.60. The fraction of sp³-hybridized carbons (Fsp3) is 0.259. The van der Waals surface area contributed by atoms with Crippen LogP contribution in [-0.4, -0.2) is 36.4 Å². The lowest BCUT2D eigenvalue weighted by Crippen LogP contribution is -2.51. The minimum Gasteiger partial charge on any atom is -0.483 e. The molecule has 178 valence electrons. The van der Waals surface area contributed by atoms with Gasteiger partial charge in [-0.05, 0) is 48.7 Å². The molecule has 3 aromatic rings. The standard InChI is InChI=1S/C27H28Cl2N2O3/c1-18-12-13-19(2)25(14-18)34-17-26(32)31(16-21-22(28)10-7-11-23(21)29)24(27(33)30-3)15-20-8-5-4-6-9-20/h4-14,24H,15-17H2,1-3H3,(H,30,33)/t24-/m1/s1. The molecule has 0 saturated heterocycles. The van der Waals surface area contributed by atoms with Crippen molar-refractivity contribution in [3.8, 4) is 5.75 Å². The van der Waals surface area contributed by atoms with Crippen LogP contribution in [0.2, 0.25) is 10.0 Å². The van der Waals surface area contributed by atoms with Crippen molar-refractivity contribution in [1.29, 1.82) is 0 Å². The molecule has 3 rings (SSSR count). The highest BCUT2D eigenvalue weighted by Gasteiger charge is 2.31. The third-order valence-corrected chi connectivity index (χ3v) is 6.31. The van der Waals surface area contributed by atoms with Gasteiger partial charge in [0.15, 0.2) is 6.61 Å². The van der Waals surface area contributed by atoms with Gasteiger partial charge < -0.3 is 15.0 Å². The van der Waals surface area contributed by atoms with E-state index in [4.69, 9.17) is 27.9 Å². The van der Waals surface area contributed by atoms with Crippen molar-refractivity contribution >= 4 is 35.0 Å². The molecule has 0 heterocycles. The van der Waals surface area contributed by atoms with Crippen molar-refractivity contribution in [2.75, 3.05) is 13.7 Å². The minimum absolute atomic E-state index is 0.0679. The molecule has 0 aliphatic rings. The molecule has 3 aromatic carbocycles. The Kier molecular flexibility index (Phi) is 8.97. The van der Waals surface area contributed by atoms with Crippen molar-refractivity contribution in [3.63, 3.8) is 0 Å². The molecule has 1 N–H and O–H groups in total. The zero-order valence-corrected chi connectivity index (χ0v) is 21.0. The van der Waals surface area contributed by atoms with Gasteiger partial charge in [-0.15, -0.1) is 0 Å². The van der Waals surface area contributed by atoms with Crippen molar-refractivity contribution in [1.82, 2.24) is 10.2 Å². The lowest BCUT2D eigenvalue weighted by atomic mass is 10.0. The highest BCUT2D eigenvalue weighted by Crippen LogP contribution is 2.27. The third kappa shape index (κ3) is 6.52. The maximum absolute atomic E-state index is 13.5. The molecule has 0 spiro atoms. The molecule has 34 heavy (non-hydrogen) atoms. The molecule has 1 atom stereocenters. The number of aryl methyl sites for hydroxylation is 2. The smallest absolute Gasteiger partial charge is 0.261 e. The van der Waals surface area contributed by atoms with Gasteiger partial charge >= 0.3 is 0 Å². The SMILES string of the molecule is CNC(=O)[C@@H](Cc1ccccc1)N(Cc1c(Cl)cccc1Cl)C(=O)COc1cc(C)ccc1C. The number of ether oxygens (including phenoxy) is 1. The van der Waals surface area contributed by atoms with E-state index in [2.05, 4.69) is 5.32 Å². The molecule has 0 fully saturated rings. The fourth-order valence-corrected chi connectivity index (χ4v) is 4.18. The fourth-order valence-electron chi connectivity index (χ4n) is 3.66. The van der Waals surface area contributed by atoms with Crippen LogP contribution in [0.1, 0.15) is 22.3 Å². The summed E-state index contributed by atoms with van der Waals surface area (Å²) < 4.78 is 5.88. The average Bonchev–Trinajstić information content (AvgIpc) is 2.83. The Morgan fingerprint density at radius 1 is 0.971 bits per heavy atom. The number of benzene rings is 3. The molecule has 0 aromatic heterocycles. The molecule has 0 bridgehead atoms. The number of carbonyl (C=O) groups excluding carboxylic acids is 2. The van der Waals surface area contributed by atoms with Crippen LogP contribution in [0.4, 0.5) is 0 Å². The summed E-state index contributed by atoms with van der Waals surface area (Å²) in [6.07, 6.45) is 0.331. The van der Waals surface area contributed by atoms with Crippen molar-refractivity contribution < 1.29 is 14.3 Å². The van der Waals surface area contributed by atoms with Gasteiger partial charge in [-0.1, -0.05) is 71.7 Å².